The topological polar surface area (TPSA) is 55.6 Å². The van der Waals surface area contributed by atoms with E-state index in [0.29, 0.717) is 0 Å². The molecule has 6 heteroatoms. The molecule has 0 saturated carbocycles. The van der Waals surface area contributed by atoms with E-state index in [0.717, 1.165) is 36.7 Å². The molecule has 0 bridgehead atoms. The lowest BCUT2D eigenvalue weighted by atomic mass is 10.3. The molecule has 0 spiro atoms. The number of fused-ring (bicyclic) bond motifs is 1. The van der Waals surface area contributed by atoms with Crippen molar-refractivity contribution in [1.82, 2.24) is 24.5 Å². The summed E-state index contributed by atoms with van der Waals surface area (Å²) in [5.41, 5.74) is 3.25. The van der Waals surface area contributed by atoms with Gasteiger partial charge in [0.2, 0.25) is 0 Å². The third-order valence-electron chi connectivity index (χ3n) is 3.07. The fourth-order valence-electron chi connectivity index (χ4n) is 2.15. The fourth-order valence-corrected chi connectivity index (χ4v) is 2.60. The maximum Gasteiger partial charge on any atom is 0.106 e. The molecule has 0 saturated heterocycles. The van der Waals surface area contributed by atoms with Crippen molar-refractivity contribution in [1.29, 1.82) is 0 Å². The van der Waals surface area contributed by atoms with E-state index in [1.807, 2.05) is 30.5 Å². The Labute approximate surface area is 115 Å². The minimum absolute atomic E-state index is 0.766. The van der Waals surface area contributed by atoms with E-state index in [1.54, 1.807) is 0 Å². The number of aryl methyl sites for hydroxylation is 1. The molecule has 0 aliphatic rings. The van der Waals surface area contributed by atoms with E-state index in [-0.39, 0.29) is 0 Å². The number of nitrogens with zero attached hydrogens (tertiary/aromatic N) is 4. The Kier molecular flexibility index (Phi) is 3.52. The number of benzene rings is 1. The van der Waals surface area contributed by atoms with Crippen molar-refractivity contribution >= 4 is 22.6 Å². The molecule has 1 N–H and O–H groups in total. The first-order valence-corrected chi connectivity index (χ1v) is 7.07. The highest BCUT2D eigenvalue weighted by atomic mass is 32.1. The Balaban J connectivity index is 1.63. The Hall–Kier alpha value is -1.79. The van der Waals surface area contributed by atoms with Crippen LogP contribution in [0, 0.1) is 6.92 Å². The molecular weight excluding hydrogens is 258 g/mol. The summed E-state index contributed by atoms with van der Waals surface area (Å²) in [6, 6.07) is 8.23. The number of imidazole rings is 1. The molecule has 98 valence electrons. The summed E-state index contributed by atoms with van der Waals surface area (Å²) in [7, 11) is 0. The molecule has 0 unspecified atom stereocenters. The lowest BCUT2D eigenvalue weighted by molar-refractivity contribution is 0.591. The second kappa shape index (κ2) is 5.46. The van der Waals surface area contributed by atoms with Gasteiger partial charge in [0.15, 0.2) is 0 Å². The third kappa shape index (κ3) is 2.64. The highest BCUT2D eigenvalue weighted by Crippen LogP contribution is 2.14. The van der Waals surface area contributed by atoms with Crippen molar-refractivity contribution in [3.8, 4) is 0 Å². The number of hydrogen-bond donors (Lipinski definition) is 1. The molecule has 2 aromatic heterocycles. The summed E-state index contributed by atoms with van der Waals surface area (Å²) in [5, 5.41) is 9.34. The van der Waals surface area contributed by atoms with Crippen molar-refractivity contribution in [2.75, 3.05) is 6.54 Å². The molecule has 0 amide bonds. The van der Waals surface area contributed by atoms with Crippen LogP contribution in [0.2, 0.25) is 0 Å². The van der Waals surface area contributed by atoms with Crippen LogP contribution < -0.4 is 5.32 Å². The normalized spacial score (nSPS) is 11.2. The fraction of sp³-hybridized carbons (Fsp3) is 0.308. The first-order valence-electron chi connectivity index (χ1n) is 6.23. The first kappa shape index (κ1) is 12.3. The van der Waals surface area contributed by atoms with E-state index in [9.17, 15) is 0 Å². The highest BCUT2D eigenvalue weighted by Gasteiger charge is 2.05. The van der Waals surface area contributed by atoms with Gasteiger partial charge in [0, 0.05) is 25.0 Å². The SMILES string of the molecule is Cc1nc2ccccc2n1CCNCc1csnn1. The zero-order chi connectivity index (χ0) is 13.1. The third-order valence-corrected chi connectivity index (χ3v) is 3.62. The quantitative estimate of drug-likeness (QED) is 0.722. The predicted molar refractivity (Wildman–Crippen MR) is 76.1 cm³/mol. The monoisotopic (exact) mass is 273 g/mol. The Morgan fingerprint density at radius 1 is 1.32 bits per heavy atom. The Morgan fingerprint density at radius 2 is 2.21 bits per heavy atom. The minimum Gasteiger partial charge on any atom is -0.327 e. The lowest BCUT2D eigenvalue weighted by Gasteiger charge is -2.07. The van der Waals surface area contributed by atoms with Crippen LogP contribution in [0.25, 0.3) is 11.0 Å². The lowest BCUT2D eigenvalue weighted by Crippen LogP contribution is -2.20. The van der Waals surface area contributed by atoms with E-state index in [1.165, 1.54) is 17.0 Å². The molecule has 3 rings (SSSR count). The van der Waals surface area contributed by atoms with Crippen molar-refractivity contribution in [3.05, 3.63) is 41.2 Å². The Morgan fingerprint density at radius 3 is 3.05 bits per heavy atom. The largest absolute Gasteiger partial charge is 0.327 e. The second-order valence-electron chi connectivity index (χ2n) is 4.37. The minimum atomic E-state index is 0.766. The molecule has 0 atom stereocenters. The number of aromatic nitrogens is 4. The highest BCUT2D eigenvalue weighted by molar-refractivity contribution is 7.03. The van der Waals surface area contributed by atoms with Crippen LogP contribution in [0.15, 0.2) is 29.6 Å². The number of para-hydroxylation sites is 2. The molecule has 19 heavy (non-hydrogen) atoms. The second-order valence-corrected chi connectivity index (χ2v) is 4.98. The first-order chi connectivity index (χ1) is 9.34. The van der Waals surface area contributed by atoms with E-state index in [4.69, 9.17) is 0 Å². The van der Waals surface area contributed by atoms with Crippen LogP contribution >= 0.6 is 11.5 Å². The predicted octanol–water partition coefficient (Wildman–Crippen LogP) is 1.99. The number of rotatable bonds is 5. The molecule has 0 radical (unpaired) electrons. The molecule has 3 aromatic rings. The van der Waals surface area contributed by atoms with Crippen LogP contribution in [-0.2, 0) is 13.1 Å². The summed E-state index contributed by atoms with van der Waals surface area (Å²) in [4.78, 5) is 4.56. The van der Waals surface area contributed by atoms with Crippen molar-refractivity contribution < 1.29 is 0 Å². The van der Waals surface area contributed by atoms with Crippen LogP contribution in [0.5, 0.6) is 0 Å². The average molecular weight is 273 g/mol. The molecule has 1 aromatic carbocycles. The van der Waals surface area contributed by atoms with E-state index >= 15 is 0 Å². The number of nitrogens with one attached hydrogen (secondary N) is 1. The van der Waals surface area contributed by atoms with Crippen LogP contribution in [0.4, 0.5) is 0 Å². The molecule has 0 aliphatic carbocycles. The van der Waals surface area contributed by atoms with Gasteiger partial charge in [-0.15, -0.1) is 5.10 Å². The van der Waals surface area contributed by atoms with Gasteiger partial charge in [0.05, 0.1) is 16.7 Å². The van der Waals surface area contributed by atoms with Crippen LogP contribution in [0.1, 0.15) is 11.5 Å². The average Bonchev–Trinajstić information content (AvgIpc) is 3.02. The van der Waals surface area contributed by atoms with Gasteiger partial charge in [-0.2, -0.15) is 0 Å². The standard InChI is InChI=1S/C13H15N5S/c1-10-15-12-4-2-3-5-13(12)18(10)7-6-14-8-11-9-19-17-16-11/h2-5,9,14H,6-8H2,1H3. The number of hydrogen-bond acceptors (Lipinski definition) is 5. The molecule has 0 fully saturated rings. The van der Waals surface area contributed by atoms with Gasteiger partial charge in [0.25, 0.3) is 0 Å². The smallest absolute Gasteiger partial charge is 0.106 e. The molecule has 5 nitrogen and oxygen atoms in total. The molecular formula is C13H15N5S. The van der Waals surface area contributed by atoms with Gasteiger partial charge < -0.3 is 9.88 Å². The maximum absolute atomic E-state index is 4.56. The molecule has 0 aliphatic heterocycles. The van der Waals surface area contributed by atoms with Crippen molar-refractivity contribution in [2.45, 2.75) is 20.0 Å². The Bertz CT molecular complexity index is 659. The summed E-state index contributed by atoms with van der Waals surface area (Å²) in [6.45, 7) is 4.61. The maximum atomic E-state index is 4.56. The van der Waals surface area contributed by atoms with Gasteiger partial charge >= 0.3 is 0 Å². The van der Waals surface area contributed by atoms with E-state index < -0.39 is 0 Å². The van der Waals surface area contributed by atoms with Crippen LogP contribution in [0.3, 0.4) is 0 Å². The molecule has 2 heterocycles. The van der Waals surface area contributed by atoms with E-state index in [2.05, 4.69) is 30.5 Å². The van der Waals surface area contributed by atoms with Crippen molar-refractivity contribution in [2.24, 2.45) is 0 Å². The zero-order valence-corrected chi connectivity index (χ0v) is 11.5. The van der Waals surface area contributed by atoms with Crippen molar-refractivity contribution in [3.63, 3.8) is 0 Å². The van der Waals surface area contributed by atoms with Gasteiger partial charge in [-0.25, -0.2) is 4.98 Å². The van der Waals surface area contributed by atoms with Crippen LogP contribution in [-0.4, -0.2) is 25.7 Å². The summed E-state index contributed by atoms with van der Waals surface area (Å²) in [6.07, 6.45) is 0. The summed E-state index contributed by atoms with van der Waals surface area (Å²) < 4.78 is 6.08. The zero-order valence-electron chi connectivity index (χ0n) is 10.7. The summed E-state index contributed by atoms with van der Waals surface area (Å²) >= 11 is 1.38. The van der Waals surface area contributed by atoms with Gasteiger partial charge in [-0.05, 0) is 30.6 Å². The summed E-state index contributed by atoms with van der Waals surface area (Å²) in [5.74, 6) is 1.05. The van der Waals surface area contributed by atoms with Gasteiger partial charge in [-0.1, -0.05) is 16.6 Å². The van der Waals surface area contributed by atoms with Gasteiger partial charge in [-0.3, -0.25) is 0 Å². The van der Waals surface area contributed by atoms with Gasteiger partial charge in [0.1, 0.15) is 5.82 Å².